The van der Waals surface area contributed by atoms with Crippen molar-refractivity contribution in [1.82, 2.24) is 9.78 Å². The van der Waals surface area contributed by atoms with Crippen molar-refractivity contribution in [3.05, 3.63) is 47.8 Å². The quantitative estimate of drug-likeness (QED) is 0.884. The smallest absolute Gasteiger partial charge is 0.416 e. The van der Waals surface area contributed by atoms with Crippen molar-refractivity contribution in [3.63, 3.8) is 0 Å². The number of hydrogen-bond acceptors (Lipinski definition) is 3. The van der Waals surface area contributed by atoms with Gasteiger partial charge in [-0.3, -0.25) is 9.48 Å². The van der Waals surface area contributed by atoms with E-state index in [9.17, 15) is 22.8 Å². The summed E-state index contributed by atoms with van der Waals surface area (Å²) in [5.74, 6) is -1.54. The fourth-order valence-corrected chi connectivity index (χ4v) is 1.78. The molecule has 0 aliphatic carbocycles. The summed E-state index contributed by atoms with van der Waals surface area (Å²) in [7, 11) is 0. The van der Waals surface area contributed by atoms with Crippen LogP contribution in [0.25, 0.3) is 0 Å². The number of hydrogen-bond donors (Lipinski definition) is 2. The van der Waals surface area contributed by atoms with E-state index in [4.69, 9.17) is 5.11 Å². The van der Waals surface area contributed by atoms with Crippen molar-refractivity contribution < 1.29 is 27.9 Å². The number of alkyl halides is 3. The van der Waals surface area contributed by atoms with Crippen LogP contribution in [0.3, 0.4) is 0 Å². The van der Waals surface area contributed by atoms with E-state index < -0.39 is 23.6 Å². The van der Waals surface area contributed by atoms with Crippen molar-refractivity contribution in [1.29, 1.82) is 0 Å². The molecule has 1 heterocycles. The van der Waals surface area contributed by atoms with Crippen molar-refractivity contribution in [2.24, 2.45) is 0 Å². The molecule has 0 fully saturated rings. The number of aromatic carboxylic acids is 1. The highest BCUT2D eigenvalue weighted by Crippen LogP contribution is 2.29. The maximum absolute atomic E-state index is 12.4. The number of rotatable bonds is 5. The maximum Gasteiger partial charge on any atom is 0.416 e. The molecule has 9 heteroatoms. The molecule has 0 atom stereocenters. The standard InChI is InChI=1S/C14H12F3N3O3/c15-14(16,17)10-1-3-11(4-2-10)19-12(21)5-6-20-8-9(7-18-20)13(22)23/h1-4,7-8H,5-6H2,(H,19,21)(H,22,23). The lowest BCUT2D eigenvalue weighted by atomic mass is 10.2. The Morgan fingerprint density at radius 3 is 2.39 bits per heavy atom. The Kier molecular flexibility index (Phi) is 4.68. The Hall–Kier alpha value is -2.84. The van der Waals surface area contributed by atoms with Crippen molar-refractivity contribution in [2.45, 2.75) is 19.1 Å². The van der Waals surface area contributed by atoms with E-state index in [-0.39, 0.29) is 24.2 Å². The van der Waals surface area contributed by atoms with Gasteiger partial charge in [-0.05, 0) is 24.3 Å². The second kappa shape index (κ2) is 6.51. The van der Waals surface area contributed by atoms with Gasteiger partial charge >= 0.3 is 12.1 Å². The molecule has 0 spiro atoms. The number of halogens is 3. The third-order valence-corrected chi connectivity index (χ3v) is 2.94. The zero-order chi connectivity index (χ0) is 17.0. The summed E-state index contributed by atoms with van der Waals surface area (Å²) in [6.45, 7) is 0.153. The minimum absolute atomic E-state index is 0.00175. The van der Waals surface area contributed by atoms with Gasteiger partial charge < -0.3 is 10.4 Å². The SMILES string of the molecule is O=C(CCn1cc(C(=O)O)cn1)Nc1ccc(C(F)(F)F)cc1. The first kappa shape index (κ1) is 16.5. The fraction of sp³-hybridized carbons (Fsp3) is 0.214. The average molecular weight is 327 g/mol. The fourth-order valence-electron chi connectivity index (χ4n) is 1.78. The number of aryl methyl sites for hydroxylation is 1. The molecule has 0 unspecified atom stereocenters. The number of carboxylic acids is 1. The number of carboxylic acid groups (broad SMARTS) is 1. The van der Waals surface area contributed by atoms with Crippen molar-refractivity contribution in [2.75, 3.05) is 5.32 Å². The first-order valence-electron chi connectivity index (χ1n) is 6.48. The van der Waals surface area contributed by atoms with E-state index in [0.717, 1.165) is 30.5 Å². The van der Waals surface area contributed by atoms with Gasteiger partial charge in [0.2, 0.25) is 5.91 Å². The van der Waals surface area contributed by atoms with Gasteiger partial charge in [0, 0.05) is 24.8 Å². The number of nitrogens with zero attached hydrogens (tertiary/aromatic N) is 2. The van der Waals surface area contributed by atoms with Crippen molar-refractivity contribution >= 4 is 17.6 Å². The van der Waals surface area contributed by atoms with Crippen LogP contribution < -0.4 is 5.32 Å². The van der Waals surface area contributed by atoms with E-state index in [0.29, 0.717) is 0 Å². The minimum Gasteiger partial charge on any atom is -0.478 e. The van der Waals surface area contributed by atoms with E-state index in [1.165, 1.54) is 10.9 Å². The van der Waals surface area contributed by atoms with E-state index in [1.807, 2.05) is 0 Å². The van der Waals surface area contributed by atoms with Crippen LogP contribution in [0.2, 0.25) is 0 Å². The molecule has 0 radical (unpaired) electrons. The van der Waals surface area contributed by atoms with Gasteiger partial charge in [0.15, 0.2) is 0 Å². The van der Waals surface area contributed by atoms with E-state index in [1.54, 1.807) is 0 Å². The van der Waals surface area contributed by atoms with Gasteiger partial charge in [0.25, 0.3) is 0 Å². The Morgan fingerprint density at radius 1 is 1.22 bits per heavy atom. The van der Waals surface area contributed by atoms with Crippen LogP contribution in [-0.2, 0) is 17.5 Å². The summed E-state index contributed by atoms with van der Waals surface area (Å²) in [6, 6.07) is 4.08. The second-order valence-corrected chi connectivity index (χ2v) is 4.67. The number of carbonyl (C=O) groups excluding carboxylic acids is 1. The summed E-state index contributed by atoms with van der Waals surface area (Å²) in [6.07, 6.45) is -1.98. The molecule has 0 bridgehead atoms. The molecular formula is C14H12F3N3O3. The molecule has 2 aromatic rings. The summed E-state index contributed by atoms with van der Waals surface area (Å²) in [5, 5.41) is 15.0. The molecule has 1 aromatic carbocycles. The predicted octanol–water partition coefficient (Wildman–Crippen LogP) is 2.63. The lowest BCUT2D eigenvalue weighted by Gasteiger charge is -2.09. The number of anilines is 1. The first-order chi connectivity index (χ1) is 10.8. The highest BCUT2D eigenvalue weighted by Gasteiger charge is 2.29. The van der Waals surface area contributed by atoms with Crippen LogP contribution in [0.4, 0.5) is 18.9 Å². The normalized spacial score (nSPS) is 11.3. The van der Waals surface area contributed by atoms with Gasteiger partial charge in [-0.1, -0.05) is 0 Å². The zero-order valence-corrected chi connectivity index (χ0v) is 11.7. The molecule has 23 heavy (non-hydrogen) atoms. The first-order valence-corrected chi connectivity index (χ1v) is 6.48. The number of amides is 1. The molecule has 122 valence electrons. The van der Waals surface area contributed by atoms with Gasteiger partial charge in [0.1, 0.15) is 0 Å². The number of carbonyl (C=O) groups is 2. The number of aromatic nitrogens is 2. The zero-order valence-electron chi connectivity index (χ0n) is 11.7. The monoisotopic (exact) mass is 327 g/mol. The Balaban J connectivity index is 1.88. The van der Waals surface area contributed by atoms with E-state index in [2.05, 4.69) is 10.4 Å². The molecule has 0 saturated carbocycles. The summed E-state index contributed by atoms with van der Waals surface area (Å²) >= 11 is 0. The molecule has 2 rings (SSSR count). The molecule has 0 aliphatic heterocycles. The van der Waals surface area contributed by atoms with Crippen LogP contribution in [0, 0.1) is 0 Å². The third-order valence-electron chi connectivity index (χ3n) is 2.94. The molecule has 1 amide bonds. The maximum atomic E-state index is 12.4. The second-order valence-electron chi connectivity index (χ2n) is 4.67. The summed E-state index contributed by atoms with van der Waals surface area (Å²) in [4.78, 5) is 22.4. The molecular weight excluding hydrogens is 315 g/mol. The van der Waals surface area contributed by atoms with Crippen LogP contribution in [0.1, 0.15) is 22.3 Å². The number of nitrogens with one attached hydrogen (secondary N) is 1. The van der Waals surface area contributed by atoms with Gasteiger partial charge in [0.05, 0.1) is 17.3 Å². The Morgan fingerprint density at radius 2 is 1.87 bits per heavy atom. The van der Waals surface area contributed by atoms with Gasteiger partial charge in [-0.25, -0.2) is 4.79 Å². The van der Waals surface area contributed by atoms with Gasteiger partial charge in [-0.2, -0.15) is 18.3 Å². The Labute approximate surface area is 128 Å². The highest BCUT2D eigenvalue weighted by molar-refractivity contribution is 5.90. The molecule has 2 N–H and O–H groups in total. The third kappa shape index (κ3) is 4.56. The molecule has 1 aromatic heterocycles. The van der Waals surface area contributed by atoms with Crippen LogP contribution in [-0.4, -0.2) is 26.8 Å². The van der Waals surface area contributed by atoms with Crippen LogP contribution >= 0.6 is 0 Å². The highest BCUT2D eigenvalue weighted by atomic mass is 19.4. The van der Waals surface area contributed by atoms with Gasteiger partial charge in [-0.15, -0.1) is 0 Å². The molecule has 0 saturated heterocycles. The van der Waals surface area contributed by atoms with Crippen molar-refractivity contribution in [3.8, 4) is 0 Å². The number of benzene rings is 1. The van der Waals surface area contributed by atoms with Crippen LogP contribution in [0.5, 0.6) is 0 Å². The van der Waals surface area contributed by atoms with E-state index >= 15 is 0 Å². The predicted molar refractivity (Wildman–Crippen MR) is 73.9 cm³/mol. The summed E-state index contributed by atoms with van der Waals surface area (Å²) in [5.41, 5.74) is -0.545. The molecule has 0 aliphatic rings. The largest absolute Gasteiger partial charge is 0.478 e. The average Bonchev–Trinajstić information content (AvgIpc) is 2.94. The lowest BCUT2D eigenvalue weighted by Crippen LogP contribution is -2.15. The lowest BCUT2D eigenvalue weighted by molar-refractivity contribution is -0.137. The topological polar surface area (TPSA) is 84.2 Å². The summed E-state index contributed by atoms with van der Waals surface area (Å²) < 4.78 is 38.5. The molecule has 6 nitrogen and oxygen atoms in total. The Bertz CT molecular complexity index is 708. The van der Waals surface area contributed by atoms with Crippen LogP contribution in [0.15, 0.2) is 36.7 Å². The minimum atomic E-state index is -4.43.